The van der Waals surface area contributed by atoms with E-state index in [1.54, 1.807) is 24.5 Å². The Balaban J connectivity index is 1.69. The number of amides is 1. The number of pyridine rings is 1. The van der Waals surface area contributed by atoms with Crippen molar-refractivity contribution < 1.29 is 18.0 Å². The molecule has 1 aromatic carbocycles. The van der Waals surface area contributed by atoms with Crippen LogP contribution in [-0.2, 0) is 0 Å². The van der Waals surface area contributed by atoms with E-state index in [-0.39, 0.29) is 27.6 Å². The second-order valence-electron chi connectivity index (χ2n) is 5.81. The first kappa shape index (κ1) is 21.6. The molecule has 29 heavy (non-hydrogen) atoms. The Kier molecular flexibility index (Phi) is 7.11. The van der Waals surface area contributed by atoms with Crippen LogP contribution in [0.2, 0.25) is 5.02 Å². The molecule has 1 N–H and O–H groups in total. The summed E-state index contributed by atoms with van der Waals surface area (Å²) < 4.78 is 37.5. The highest BCUT2D eigenvalue weighted by molar-refractivity contribution is 8.00. The highest BCUT2D eigenvalue weighted by Gasteiger charge is 2.30. The van der Waals surface area contributed by atoms with Crippen LogP contribution in [0.3, 0.4) is 0 Å². The first-order valence-corrected chi connectivity index (χ1v) is 10.5. The molecule has 2 heterocycles. The number of benzene rings is 1. The summed E-state index contributed by atoms with van der Waals surface area (Å²) in [6, 6.07) is 9.84. The average Bonchev–Trinajstić information content (AvgIpc) is 2.68. The second-order valence-corrected chi connectivity index (χ2v) is 8.34. The van der Waals surface area contributed by atoms with Crippen molar-refractivity contribution >= 4 is 52.9 Å². The van der Waals surface area contributed by atoms with Gasteiger partial charge in [0.05, 0.1) is 10.6 Å². The molecule has 2 aromatic rings. The van der Waals surface area contributed by atoms with E-state index < -0.39 is 11.4 Å². The Morgan fingerprint density at radius 2 is 2.17 bits per heavy atom. The molecule has 10 heteroatoms. The Hall–Kier alpha value is -2.15. The lowest BCUT2D eigenvalue weighted by atomic mass is 10.1. The molecule has 1 amide bonds. The predicted octanol–water partition coefficient (Wildman–Crippen LogP) is 5.74. The number of carbonyl (C=O) groups excluding carboxylic acids is 1. The fourth-order valence-electron chi connectivity index (χ4n) is 2.37. The van der Waals surface area contributed by atoms with Gasteiger partial charge in [-0.3, -0.25) is 4.79 Å². The Bertz CT molecular complexity index is 1000. The van der Waals surface area contributed by atoms with Gasteiger partial charge in [-0.1, -0.05) is 17.5 Å². The molecule has 0 spiro atoms. The molecule has 1 aromatic heterocycles. The molecule has 1 unspecified atom stereocenters. The van der Waals surface area contributed by atoms with E-state index in [0.29, 0.717) is 22.0 Å². The molecule has 150 valence electrons. The van der Waals surface area contributed by atoms with Gasteiger partial charge < -0.3 is 5.32 Å². The molecule has 0 saturated carbocycles. The number of aliphatic imine (C=N–C) groups is 1. The highest BCUT2D eigenvalue weighted by atomic mass is 35.5. The molecule has 1 aliphatic heterocycles. The molecular weight excluding hydrogens is 443 g/mol. The number of nitrogens with zero attached hydrogens (tertiary/aromatic N) is 2. The zero-order chi connectivity index (χ0) is 20.9. The van der Waals surface area contributed by atoms with Crippen molar-refractivity contribution in [3.05, 3.63) is 47.1 Å². The largest absolute Gasteiger partial charge is 0.446 e. The molecule has 0 fully saturated rings. The van der Waals surface area contributed by atoms with E-state index in [9.17, 15) is 18.0 Å². The van der Waals surface area contributed by atoms with Gasteiger partial charge in [0, 0.05) is 40.7 Å². The van der Waals surface area contributed by atoms with Crippen LogP contribution in [-0.4, -0.2) is 28.4 Å². The van der Waals surface area contributed by atoms with Crippen LogP contribution >= 0.6 is 35.1 Å². The quantitative estimate of drug-likeness (QED) is 0.445. The van der Waals surface area contributed by atoms with E-state index in [1.807, 2.05) is 0 Å². The summed E-state index contributed by atoms with van der Waals surface area (Å²) in [5, 5.41) is 3.10. The number of rotatable bonds is 6. The minimum Gasteiger partial charge on any atom is -0.322 e. The Labute approximate surface area is 178 Å². The monoisotopic (exact) mass is 455 g/mol. The number of anilines is 1. The molecule has 0 bridgehead atoms. The maximum Gasteiger partial charge on any atom is 0.446 e. The van der Waals surface area contributed by atoms with Crippen LogP contribution in [0, 0.1) is 17.9 Å². The van der Waals surface area contributed by atoms with Crippen molar-refractivity contribution in [3.63, 3.8) is 0 Å². The van der Waals surface area contributed by atoms with Gasteiger partial charge in [0.25, 0.3) is 5.91 Å². The molecule has 4 nitrogen and oxygen atoms in total. The van der Waals surface area contributed by atoms with Crippen LogP contribution in [0.4, 0.5) is 18.9 Å². The van der Waals surface area contributed by atoms with Gasteiger partial charge in [-0.15, -0.1) is 11.8 Å². The molecule has 0 radical (unpaired) electrons. The van der Waals surface area contributed by atoms with Crippen molar-refractivity contribution in [1.82, 2.24) is 4.98 Å². The summed E-state index contributed by atoms with van der Waals surface area (Å²) in [6.07, 6.45) is 4.10. The van der Waals surface area contributed by atoms with Crippen LogP contribution in [0.1, 0.15) is 16.8 Å². The first-order chi connectivity index (χ1) is 13.8. The molecular formula is C19H13ClF3N3OS2. The van der Waals surface area contributed by atoms with Gasteiger partial charge >= 0.3 is 5.51 Å². The summed E-state index contributed by atoms with van der Waals surface area (Å²) in [5.41, 5.74) is -3.79. The standard InChI is InChI=1S/C19H13ClF3N3OS2/c20-15-10-13(3-4-16(15)29-19(21,22)23)26-17(27)14-2-1-7-25-18(14)28-11-12-5-8-24-9-6-12/h1-4,7-8,10,12H,5,11H2,(H,26,27). The number of thioether (sulfide) groups is 2. The third-order valence-corrected chi connectivity index (χ3v) is 6.07. The third kappa shape index (κ3) is 6.42. The Morgan fingerprint density at radius 3 is 2.86 bits per heavy atom. The predicted molar refractivity (Wildman–Crippen MR) is 111 cm³/mol. The molecule has 0 saturated heterocycles. The number of hydrogen-bond donors (Lipinski definition) is 1. The van der Waals surface area contributed by atoms with Gasteiger partial charge in [-0.2, -0.15) is 13.2 Å². The summed E-state index contributed by atoms with van der Waals surface area (Å²) in [4.78, 5) is 20.7. The van der Waals surface area contributed by atoms with E-state index in [0.717, 1.165) is 6.42 Å². The molecule has 1 aliphatic rings. The average molecular weight is 456 g/mol. The van der Waals surface area contributed by atoms with Crippen LogP contribution in [0.25, 0.3) is 0 Å². The van der Waals surface area contributed by atoms with Gasteiger partial charge in [0.1, 0.15) is 5.03 Å². The van der Waals surface area contributed by atoms with E-state index in [4.69, 9.17) is 11.6 Å². The van der Waals surface area contributed by atoms with Crippen LogP contribution in [0.5, 0.6) is 0 Å². The van der Waals surface area contributed by atoms with Crippen molar-refractivity contribution in [2.75, 3.05) is 11.1 Å². The van der Waals surface area contributed by atoms with Crippen molar-refractivity contribution in [2.45, 2.75) is 21.9 Å². The first-order valence-electron chi connectivity index (χ1n) is 8.28. The van der Waals surface area contributed by atoms with Crippen molar-refractivity contribution in [2.24, 2.45) is 10.9 Å². The number of alkyl halides is 3. The van der Waals surface area contributed by atoms with E-state index >= 15 is 0 Å². The maximum absolute atomic E-state index is 12.7. The number of hydrogen-bond acceptors (Lipinski definition) is 5. The lowest BCUT2D eigenvalue weighted by Crippen LogP contribution is -2.14. The molecule has 1 atom stereocenters. The highest BCUT2D eigenvalue weighted by Crippen LogP contribution is 2.41. The lowest BCUT2D eigenvalue weighted by Gasteiger charge is -2.12. The van der Waals surface area contributed by atoms with Gasteiger partial charge in [0.2, 0.25) is 0 Å². The maximum atomic E-state index is 12.7. The fraction of sp³-hybridized carbons (Fsp3) is 0.211. The summed E-state index contributed by atoms with van der Waals surface area (Å²) in [7, 11) is 0. The minimum absolute atomic E-state index is 0.0940. The third-order valence-electron chi connectivity index (χ3n) is 3.67. The zero-order valence-electron chi connectivity index (χ0n) is 14.7. The summed E-state index contributed by atoms with van der Waals surface area (Å²) in [5.74, 6) is 3.38. The Morgan fingerprint density at radius 1 is 1.34 bits per heavy atom. The van der Waals surface area contributed by atoms with Crippen molar-refractivity contribution in [3.8, 4) is 12.0 Å². The lowest BCUT2D eigenvalue weighted by molar-refractivity contribution is -0.0328. The number of aromatic nitrogens is 1. The normalized spacial score (nSPS) is 15.5. The van der Waals surface area contributed by atoms with Gasteiger partial charge in [-0.05, 0) is 48.5 Å². The van der Waals surface area contributed by atoms with E-state index in [1.165, 1.54) is 30.0 Å². The summed E-state index contributed by atoms with van der Waals surface area (Å²) in [6.45, 7) is 0. The SMILES string of the molecule is O=C(Nc1ccc(SC(F)(F)F)c(Cl)c1)c1cccnc1SCC1C#CN=CC1. The smallest absolute Gasteiger partial charge is 0.322 e. The number of carbonyl (C=O) groups is 1. The fourth-order valence-corrected chi connectivity index (χ4v) is 4.23. The molecule has 0 aliphatic carbocycles. The van der Waals surface area contributed by atoms with Gasteiger partial charge in [0.15, 0.2) is 0 Å². The van der Waals surface area contributed by atoms with Crippen LogP contribution in [0.15, 0.2) is 51.4 Å². The van der Waals surface area contributed by atoms with Crippen molar-refractivity contribution in [1.29, 1.82) is 0 Å². The second kappa shape index (κ2) is 9.57. The summed E-state index contributed by atoms with van der Waals surface area (Å²) >= 11 is 7.03. The van der Waals surface area contributed by atoms with Crippen LogP contribution < -0.4 is 5.32 Å². The zero-order valence-corrected chi connectivity index (χ0v) is 17.1. The number of nitrogens with one attached hydrogen (secondary N) is 1. The minimum atomic E-state index is -4.44. The topological polar surface area (TPSA) is 54.4 Å². The number of halogens is 4. The van der Waals surface area contributed by atoms with Gasteiger partial charge in [-0.25, -0.2) is 9.98 Å². The molecule has 3 rings (SSSR count). The van der Waals surface area contributed by atoms with E-state index in [2.05, 4.69) is 27.3 Å².